The third-order valence-corrected chi connectivity index (χ3v) is 8.05. The largest absolute Gasteiger partial charge is 0.494 e. The van der Waals surface area contributed by atoms with Crippen LogP contribution in [-0.4, -0.2) is 76.9 Å². The van der Waals surface area contributed by atoms with E-state index < -0.39 is 5.82 Å². The van der Waals surface area contributed by atoms with Crippen molar-refractivity contribution in [2.75, 3.05) is 33.3 Å². The second-order valence-electron chi connectivity index (χ2n) is 8.44. The van der Waals surface area contributed by atoms with Crippen molar-refractivity contribution in [2.24, 2.45) is 0 Å². The minimum Gasteiger partial charge on any atom is -0.494 e. The molecular formula is C23H27FN3O3P. The summed E-state index contributed by atoms with van der Waals surface area (Å²) < 4.78 is 19.1. The number of carbonyl (C=O) groups is 1. The zero-order valence-corrected chi connectivity index (χ0v) is 18.5. The van der Waals surface area contributed by atoms with Crippen LogP contribution in [0, 0.1) is 5.82 Å². The number of nitrogens with zero attached hydrogens (tertiary/aromatic N) is 3. The van der Waals surface area contributed by atoms with Gasteiger partial charge >= 0.3 is 0 Å². The molecule has 0 spiro atoms. The van der Waals surface area contributed by atoms with Gasteiger partial charge in [0.25, 0.3) is 5.91 Å². The average molecular weight is 443 g/mol. The molecule has 0 radical (unpaired) electrons. The molecule has 2 saturated heterocycles. The van der Waals surface area contributed by atoms with E-state index in [2.05, 4.69) is 15.9 Å². The Balaban J connectivity index is 1.32. The lowest BCUT2D eigenvalue weighted by atomic mass is 10.1. The maximum Gasteiger partial charge on any atom is 0.252 e. The van der Waals surface area contributed by atoms with Crippen molar-refractivity contribution < 1.29 is 19.0 Å². The highest BCUT2D eigenvalue weighted by Gasteiger charge is 2.38. The number of hydrogen-bond acceptors (Lipinski definition) is 5. The standard InChI is InChI=1S/C23H27FN3O3P/c1-30-20-6-4-15(10-17(20)24)21-11-22(29)27-12-16(5-7-23(27)31-21)26-13-18(19(28)14-26)25-8-2-3-9-25/h4-7,10-12,18-19,23,28,31H,2-3,8-9,13-14H2,1H3/t18-,19-,23?/m0/s1. The van der Waals surface area contributed by atoms with Crippen LogP contribution in [0.5, 0.6) is 5.75 Å². The molecule has 1 amide bonds. The topological polar surface area (TPSA) is 56.3 Å². The van der Waals surface area contributed by atoms with Crippen LogP contribution in [0.25, 0.3) is 5.31 Å². The summed E-state index contributed by atoms with van der Waals surface area (Å²) in [4.78, 5) is 19.2. The molecule has 164 valence electrons. The number of amides is 1. The van der Waals surface area contributed by atoms with Crippen LogP contribution in [0.2, 0.25) is 0 Å². The number of β-amino-alcohol motifs (C(OH)–C–C–N with tert-alkyl or cyclic N) is 1. The Morgan fingerprint density at radius 1 is 1.23 bits per heavy atom. The molecule has 2 unspecified atom stereocenters. The normalized spacial score (nSPS) is 29.4. The van der Waals surface area contributed by atoms with Gasteiger partial charge in [-0.15, -0.1) is 0 Å². The second kappa shape index (κ2) is 8.38. The molecule has 6 nitrogen and oxygen atoms in total. The Kier molecular flexibility index (Phi) is 5.59. The molecule has 8 heteroatoms. The molecule has 1 aromatic rings. The number of carbonyl (C=O) groups excluding carboxylic acids is 1. The van der Waals surface area contributed by atoms with Crippen molar-refractivity contribution in [3.63, 3.8) is 0 Å². The van der Waals surface area contributed by atoms with Crippen LogP contribution in [0.4, 0.5) is 4.39 Å². The van der Waals surface area contributed by atoms with Crippen molar-refractivity contribution in [3.8, 4) is 5.75 Å². The quantitative estimate of drug-likeness (QED) is 0.725. The molecule has 4 heterocycles. The van der Waals surface area contributed by atoms with Crippen LogP contribution in [-0.2, 0) is 4.79 Å². The van der Waals surface area contributed by atoms with Crippen molar-refractivity contribution in [1.29, 1.82) is 0 Å². The average Bonchev–Trinajstić information content (AvgIpc) is 3.43. The maximum atomic E-state index is 14.1. The zero-order chi connectivity index (χ0) is 21.5. The number of fused-ring (bicyclic) bond motifs is 1. The fraction of sp³-hybridized carbons (Fsp3) is 0.435. The summed E-state index contributed by atoms with van der Waals surface area (Å²) in [6.07, 6.45) is 9.63. The monoisotopic (exact) mass is 443 g/mol. The Morgan fingerprint density at radius 3 is 2.77 bits per heavy atom. The Morgan fingerprint density at radius 2 is 2.03 bits per heavy atom. The van der Waals surface area contributed by atoms with Crippen LogP contribution < -0.4 is 4.74 Å². The van der Waals surface area contributed by atoms with E-state index in [1.807, 2.05) is 12.3 Å². The highest BCUT2D eigenvalue weighted by atomic mass is 31.1. The summed E-state index contributed by atoms with van der Waals surface area (Å²) in [6.45, 7) is 3.46. The van der Waals surface area contributed by atoms with Crippen molar-refractivity contribution in [1.82, 2.24) is 14.7 Å². The first-order valence-corrected chi connectivity index (χ1v) is 11.8. The van der Waals surface area contributed by atoms with E-state index in [9.17, 15) is 14.3 Å². The molecule has 0 aliphatic carbocycles. The Labute approximate surface area is 183 Å². The molecule has 4 atom stereocenters. The fourth-order valence-corrected chi connectivity index (χ4v) is 6.25. The molecular weight excluding hydrogens is 416 g/mol. The molecule has 0 saturated carbocycles. The number of aliphatic hydroxyl groups excluding tert-OH is 1. The third-order valence-electron chi connectivity index (χ3n) is 6.54. The third kappa shape index (κ3) is 3.91. The molecule has 1 aromatic carbocycles. The van der Waals surface area contributed by atoms with E-state index in [-0.39, 0.29) is 29.6 Å². The van der Waals surface area contributed by atoms with Gasteiger partial charge in [-0.3, -0.25) is 9.69 Å². The number of hydrogen-bond donors (Lipinski definition) is 1. The van der Waals surface area contributed by atoms with E-state index >= 15 is 0 Å². The van der Waals surface area contributed by atoms with Gasteiger partial charge in [0, 0.05) is 25.4 Å². The Hall–Kier alpha value is -2.21. The summed E-state index contributed by atoms with van der Waals surface area (Å²) >= 11 is 0. The van der Waals surface area contributed by atoms with Gasteiger partial charge in [-0.2, -0.15) is 0 Å². The first kappa shape index (κ1) is 20.7. The maximum absolute atomic E-state index is 14.1. The van der Waals surface area contributed by atoms with Gasteiger partial charge < -0.3 is 19.6 Å². The number of allylic oxidation sites excluding steroid dienone is 1. The fourth-order valence-electron chi connectivity index (χ4n) is 4.87. The molecule has 5 rings (SSSR count). The zero-order valence-electron chi connectivity index (χ0n) is 17.5. The van der Waals surface area contributed by atoms with E-state index in [0.717, 1.165) is 30.6 Å². The number of methoxy groups -OCH3 is 1. The van der Waals surface area contributed by atoms with Gasteiger partial charge in [0.15, 0.2) is 11.6 Å². The molecule has 0 bridgehead atoms. The van der Waals surface area contributed by atoms with Gasteiger partial charge in [-0.05, 0) is 55.0 Å². The van der Waals surface area contributed by atoms with E-state index in [4.69, 9.17) is 4.74 Å². The van der Waals surface area contributed by atoms with Gasteiger partial charge in [0.05, 0.1) is 30.7 Å². The highest BCUT2D eigenvalue weighted by molar-refractivity contribution is 7.51. The summed E-state index contributed by atoms with van der Waals surface area (Å²) in [5.74, 6) is -0.403. The van der Waals surface area contributed by atoms with E-state index in [1.165, 1.54) is 26.0 Å². The molecule has 4 aliphatic heterocycles. The lowest BCUT2D eigenvalue weighted by Gasteiger charge is -2.35. The van der Waals surface area contributed by atoms with Crippen molar-refractivity contribution >= 4 is 19.8 Å². The minimum absolute atomic E-state index is 0.0664. The van der Waals surface area contributed by atoms with Crippen molar-refractivity contribution in [2.45, 2.75) is 30.8 Å². The number of benzene rings is 1. The lowest BCUT2D eigenvalue weighted by molar-refractivity contribution is -0.123. The summed E-state index contributed by atoms with van der Waals surface area (Å²) in [5, 5.41) is 11.4. The highest BCUT2D eigenvalue weighted by Crippen LogP contribution is 2.45. The summed E-state index contributed by atoms with van der Waals surface area (Å²) in [7, 11) is 1.76. The lowest BCUT2D eigenvalue weighted by Crippen LogP contribution is -2.41. The van der Waals surface area contributed by atoms with Crippen LogP contribution in [0.3, 0.4) is 0 Å². The predicted octanol–water partition coefficient (Wildman–Crippen LogP) is 2.57. The van der Waals surface area contributed by atoms with Gasteiger partial charge in [0.2, 0.25) is 0 Å². The minimum atomic E-state index is -0.429. The van der Waals surface area contributed by atoms with Crippen molar-refractivity contribution in [3.05, 3.63) is 59.7 Å². The number of halogens is 1. The number of ether oxygens (including phenoxy) is 1. The van der Waals surface area contributed by atoms with E-state index in [0.29, 0.717) is 20.7 Å². The summed E-state index contributed by atoms with van der Waals surface area (Å²) in [5.41, 5.74) is 1.67. The van der Waals surface area contributed by atoms with Crippen LogP contribution in [0.15, 0.2) is 48.3 Å². The SMILES string of the molecule is COc1ccc(C2=CC(=O)N3C=C(N4C[C@H](O)[C@@H](N5CCCC5)C4)C=CC3P2)cc1F. The van der Waals surface area contributed by atoms with Crippen LogP contribution in [0.1, 0.15) is 18.4 Å². The molecule has 4 aliphatic rings. The number of aliphatic hydroxyl groups is 1. The Bertz CT molecular complexity index is 973. The summed E-state index contributed by atoms with van der Waals surface area (Å²) in [6, 6.07) is 4.97. The van der Waals surface area contributed by atoms with Gasteiger partial charge in [-0.25, -0.2) is 4.39 Å². The van der Waals surface area contributed by atoms with Gasteiger partial charge in [0.1, 0.15) is 0 Å². The van der Waals surface area contributed by atoms with E-state index in [1.54, 1.807) is 23.1 Å². The van der Waals surface area contributed by atoms with Gasteiger partial charge in [-0.1, -0.05) is 20.7 Å². The van der Waals surface area contributed by atoms with Crippen LogP contribution >= 0.6 is 8.58 Å². The number of rotatable bonds is 4. The first-order valence-electron chi connectivity index (χ1n) is 10.7. The number of likely N-dealkylation sites (tertiary alicyclic amines) is 2. The molecule has 0 aromatic heterocycles. The molecule has 1 N–H and O–H groups in total. The first-order chi connectivity index (χ1) is 15.0. The molecule has 31 heavy (non-hydrogen) atoms. The second-order valence-corrected chi connectivity index (χ2v) is 9.86. The predicted molar refractivity (Wildman–Crippen MR) is 119 cm³/mol. The smallest absolute Gasteiger partial charge is 0.252 e. The molecule has 2 fully saturated rings.